The minimum absolute atomic E-state index is 0.577. The number of aliphatic hydroxyl groups is 1. The number of benzene rings is 2. The summed E-state index contributed by atoms with van der Waals surface area (Å²) < 4.78 is 5.13. The van der Waals surface area contributed by atoms with Crippen LogP contribution in [0, 0.1) is 0 Å². The maximum absolute atomic E-state index is 10.3. The van der Waals surface area contributed by atoms with Crippen LogP contribution >= 0.6 is 0 Å². The van der Waals surface area contributed by atoms with Crippen molar-refractivity contribution in [3.05, 3.63) is 71.9 Å². The van der Waals surface area contributed by atoms with Gasteiger partial charge in [-0.2, -0.15) is 0 Å². The molecule has 2 aromatic rings. The van der Waals surface area contributed by atoms with E-state index in [1.165, 1.54) is 5.19 Å². The molecule has 0 aliphatic heterocycles. The van der Waals surface area contributed by atoms with Crippen LogP contribution in [0.5, 0.6) is 5.75 Å². The van der Waals surface area contributed by atoms with Gasteiger partial charge in [-0.05, 0) is 17.7 Å². The van der Waals surface area contributed by atoms with Crippen LogP contribution in [-0.4, -0.2) is 20.3 Å². The van der Waals surface area contributed by atoms with Crippen molar-refractivity contribution in [3.63, 3.8) is 0 Å². The van der Waals surface area contributed by atoms with E-state index in [1.54, 1.807) is 7.11 Å². The van der Waals surface area contributed by atoms with Gasteiger partial charge in [0.05, 0.1) is 13.2 Å². The third kappa shape index (κ3) is 4.06. The Kier molecular flexibility index (Phi) is 4.99. The Hall–Kier alpha value is -1.84. The SMILES string of the molecule is COc1ccc(C(O)/C=C/[Si](C)(C)c2ccccc2)cc1. The number of rotatable bonds is 5. The molecule has 0 saturated heterocycles. The molecule has 1 unspecified atom stereocenters. The van der Waals surface area contributed by atoms with Crippen molar-refractivity contribution in [1.29, 1.82) is 0 Å². The smallest absolute Gasteiger partial charge is 0.118 e. The second-order valence-corrected chi connectivity index (χ2v) is 10.0. The average molecular weight is 298 g/mol. The predicted octanol–water partition coefficient (Wildman–Crippen LogP) is 3.44. The zero-order valence-corrected chi connectivity index (χ0v) is 13.8. The quantitative estimate of drug-likeness (QED) is 0.857. The molecule has 0 aromatic heterocycles. The highest BCUT2D eigenvalue weighted by Crippen LogP contribution is 2.19. The lowest BCUT2D eigenvalue weighted by Gasteiger charge is -2.19. The van der Waals surface area contributed by atoms with Crippen LogP contribution in [0.4, 0.5) is 0 Å². The highest BCUT2D eigenvalue weighted by molar-refractivity contribution is 6.93. The molecule has 0 spiro atoms. The lowest BCUT2D eigenvalue weighted by atomic mass is 10.1. The predicted molar refractivity (Wildman–Crippen MR) is 90.7 cm³/mol. The third-order valence-corrected chi connectivity index (χ3v) is 6.52. The summed E-state index contributed by atoms with van der Waals surface area (Å²) in [6.45, 7) is 4.55. The van der Waals surface area contributed by atoms with E-state index in [4.69, 9.17) is 4.74 Å². The van der Waals surface area contributed by atoms with Crippen molar-refractivity contribution < 1.29 is 9.84 Å². The fraction of sp³-hybridized carbons (Fsp3) is 0.222. The number of hydrogen-bond donors (Lipinski definition) is 1. The summed E-state index contributed by atoms with van der Waals surface area (Å²) in [6, 6.07) is 18.0. The molecular weight excluding hydrogens is 276 g/mol. The van der Waals surface area contributed by atoms with Gasteiger partial charge >= 0.3 is 0 Å². The molecule has 0 aliphatic carbocycles. The Morgan fingerprint density at radius 3 is 2.19 bits per heavy atom. The van der Waals surface area contributed by atoms with E-state index in [2.05, 4.69) is 43.1 Å². The summed E-state index contributed by atoms with van der Waals surface area (Å²) in [5, 5.41) is 11.7. The molecule has 2 rings (SSSR count). The van der Waals surface area contributed by atoms with Crippen LogP contribution in [0.25, 0.3) is 0 Å². The van der Waals surface area contributed by atoms with Gasteiger partial charge in [0, 0.05) is 0 Å². The maximum Gasteiger partial charge on any atom is 0.118 e. The summed E-state index contributed by atoms with van der Waals surface area (Å²) in [5.74, 6) is 0.800. The van der Waals surface area contributed by atoms with Crippen LogP contribution < -0.4 is 9.92 Å². The second-order valence-electron chi connectivity index (χ2n) is 5.66. The zero-order valence-electron chi connectivity index (χ0n) is 12.8. The van der Waals surface area contributed by atoms with Gasteiger partial charge in [0.25, 0.3) is 0 Å². The van der Waals surface area contributed by atoms with E-state index in [9.17, 15) is 5.11 Å². The fourth-order valence-corrected chi connectivity index (χ4v) is 4.12. The number of methoxy groups -OCH3 is 1. The van der Waals surface area contributed by atoms with Crippen molar-refractivity contribution in [2.24, 2.45) is 0 Å². The summed E-state index contributed by atoms with van der Waals surface area (Å²) in [7, 11) is -0.0199. The second kappa shape index (κ2) is 6.74. The molecule has 0 bridgehead atoms. The summed E-state index contributed by atoms with van der Waals surface area (Å²) in [4.78, 5) is 0. The normalized spacial score (nSPS) is 13.3. The summed E-state index contributed by atoms with van der Waals surface area (Å²) >= 11 is 0. The molecule has 0 fully saturated rings. The minimum atomic E-state index is -1.66. The molecular formula is C18H22O2Si. The lowest BCUT2D eigenvalue weighted by Crippen LogP contribution is -2.39. The van der Waals surface area contributed by atoms with Crippen molar-refractivity contribution in [1.82, 2.24) is 0 Å². The van der Waals surface area contributed by atoms with Gasteiger partial charge in [-0.3, -0.25) is 0 Å². The molecule has 21 heavy (non-hydrogen) atoms. The van der Waals surface area contributed by atoms with E-state index in [0.717, 1.165) is 11.3 Å². The van der Waals surface area contributed by atoms with Crippen LogP contribution in [0.1, 0.15) is 11.7 Å². The lowest BCUT2D eigenvalue weighted by molar-refractivity contribution is 0.228. The van der Waals surface area contributed by atoms with E-state index in [1.807, 2.05) is 36.4 Å². The Balaban J connectivity index is 2.12. The van der Waals surface area contributed by atoms with Crippen LogP contribution in [0.2, 0.25) is 13.1 Å². The van der Waals surface area contributed by atoms with Gasteiger partial charge in [-0.15, -0.1) is 0 Å². The van der Waals surface area contributed by atoms with E-state index < -0.39 is 14.2 Å². The number of ether oxygens (including phenoxy) is 1. The standard InChI is InChI=1S/C18H22O2Si/c1-20-16-11-9-15(10-12-16)18(19)13-14-21(2,3)17-7-5-4-6-8-17/h4-14,18-19H,1-3H3/b14-13+. The Morgan fingerprint density at radius 1 is 1.00 bits per heavy atom. The summed E-state index contributed by atoms with van der Waals surface area (Å²) in [5.41, 5.74) is 3.07. The Labute approximate surface area is 127 Å². The first-order valence-electron chi connectivity index (χ1n) is 7.10. The molecule has 1 N–H and O–H groups in total. The van der Waals surface area contributed by atoms with Gasteiger partial charge in [-0.1, -0.05) is 72.5 Å². The molecule has 2 aromatic carbocycles. The van der Waals surface area contributed by atoms with Crippen molar-refractivity contribution in [2.45, 2.75) is 19.2 Å². The first-order chi connectivity index (χ1) is 10.0. The van der Waals surface area contributed by atoms with Gasteiger partial charge in [0.1, 0.15) is 13.8 Å². The molecule has 110 valence electrons. The largest absolute Gasteiger partial charge is 0.497 e. The first-order valence-corrected chi connectivity index (χ1v) is 10.2. The molecule has 1 atom stereocenters. The van der Waals surface area contributed by atoms with Crippen molar-refractivity contribution in [2.75, 3.05) is 7.11 Å². The van der Waals surface area contributed by atoms with Crippen LogP contribution in [0.15, 0.2) is 66.4 Å². The number of hydrogen-bond acceptors (Lipinski definition) is 2. The highest BCUT2D eigenvalue weighted by Gasteiger charge is 2.19. The van der Waals surface area contributed by atoms with Crippen molar-refractivity contribution >= 4 is 13.3 Å². The number of aliphatic hydroxyl groups excluding tert-OH is 1. The summed E-state index contributed by atoms with van der Waals surface area (Å²) in [6.07, 6.45) is 1.33. The molecule has 0 heterocycles. The van der Waals surface area contributed by atoms with Gasteiger partial charge < -0.3 is 9.84 Å². The topological polar surface area (TPSA) is 29.5 Å². The van der Waals surface area contributed by atoms with Gasteiger partial charge in [0.2, 0.25) is 0 Å². The Bertz CT molecular complexity index is 588. The molecule has 0 saturated carbocycles. The van der Waals surface area contributed by atoms with E-state index in [0.29, 0.717) is 0 Å². The van der Waals surface area contributed by atoms with Gasteiger partial charge in [-0.25, -0.2) is 0 Å². The van der Waals surface area contributed by atoms with E-state index >= 15 is 0 Å². The van der Waals surface area contributed by atoms with Crippen LogP contribution in [0.3, 0.4) is 0 Å². The highest BCUT2D eigenvalue weighted by atomic mass is 28.3. The van der Waals surface area contributed by atoms with Crippen molar-refractivity contribution in [3.8, 4) is 5.75 Å². The molecule has 0 amide bonds. The van der Waals surface area contributed by atoms with Gasteiger partial charge in [0.15, 0.2) is 0 Å². The molecule has 3 heteroatoms. The molecule has 0 aliphatic rings. The van der Waals surface area contributed by atoms with E-state index in [-0.39, 0.29) is 0 Å². The minimum Gasteiger partial charge on any atom is -0.497 e. The third-order valence-electron chi connectivity index (χ3n) is 3.67. The monoisotopic (exact) mass is 298 g/mol. The fourth-order valence-electron chi connectivity index (χ4n) is 2.21. The van der Waals surface area contributed by atoms with Crippen LogP contribution in [-0.2, 0) is 0 Å². The zero-order chi connectivity index (χ0) is 15.3. The molecule has 2 nitrogen and oxygen atoms in total. The maximum atomic E-state index is 10.3. The molecule has 0 radical (unpaired) electrons. The first kappa shape index (κ1) is 15.5. The average Bonchev–Trinajstić information content (AvgIpc) is 2.53. The Morgan fingerprint density at radius 2 is 1.62 bits per heavy atom.